The van der Waals surface area contributed by atoms with E-state index in [4.69, 9.17) is 0 Å². The van der Waals surface area contributed by atoms with Crippen LogP contribution in [-0.4, -0.2) is 24.3 Å². The van der Waals surface area contributed by atoms with Crippen molar-refractivity contribution in [2.24, 2.45) is 11.8 Å². The van der Waals surface area contributed by atoms with Gasteiger partial charge in [0.15, 0.2) is 0 Å². The van der Waals surface area contributed by atoms with Crippen LogP contribution < -0.4 is 5.32 Å². The Morgan fingerprint density at radius 2 is 2.00 bits per heavy atom. The van der Waals surface area contributed by atoms with E-state index in [2.05, 4.69) is 19.2 Å². The molecule has 0 aliphatic heterocycles. The molecule has 0 radical (unpaired) electrons. The molecule has 2 nitrogen and oxygen atoms in total. The molecule has 0 heterocycles. The van der Waals surface area contributed by atoms with Crippen LogP contribution in [0.1, 0.15) is 58.8 Å². The van der Waals surface area contributed by atoms with Gasteiger partial charge < -0.3 is 10.4 Å². The van der Waals surface area contributed by atoms with Crippen molar-refractivity contribution in [2.75, 3.05) is 13.1 Å². The van der Waals surface area contributed by atoms with Crippen LogP contribution in [0.5, 0.6) is 0 Å². The van der Waals surface area contributed by atoms with Crippen molar-refractivity contribution in [2.45, 2.75) is 64.9 Å². The summed E-state index contributed by atoms with van der Waals surface area (Å²) >= 11 is 0. The van der Waals surface area contributed by atoms with Crippen LogP contribution in [0, 0.1) is 11.8 Å². The first-order chi connectivity index (χ1) is 7.77. The van der Waals surface area contributed by atoms with E-state index in [1.807, 2.05) is 0 Å². The van der Waals surface area contributed by atoms with Gasteiger partial charge in [0.25, 0.3) is 0 Å². The Kier molecular flexibility index (Phi) is 7.06. The summed E-state index contributed by atoms with van der Waals surface area (Å²) in [5.74, 6) is 1.44. The molecule has 0 aromatic heterocycles. The number of nitrogens with one attached hydrogen (secondary N) is 1. The third-order valence-corrected chi connectivity index (χ3v) is 4.14. The van der Waals surface area contributed by atoms with Gasteiger partial charge in [-0.2, -0.15) is 0 Å². The van der Waals surface area contributed by atoms with Crippen molar-refractivity contribution in [3.63, 3.8) is 0 Å². The van der Waals surface area contributed by atoms with Gasteiger partial charge >= 0.3 is 0 Å². The second-order valence-electron chi connectivity index (χ2n) is 5.29. The zero-order valence-corrected chi connectivity index (χ0v) is 11.0. The SMILES string of the molecule is CCC(CC)CNCCCC1CCCC1O. The second kappa shape index (κ2) is 8.08. The fourth-order valence-corrected chi connectivity index (χ4v) is 2.73. The first-order valence-corrected chi connectivity index (χ1v) is 7.16. The zero-order chi connectivity index (χ0) is 11.8. The van der Waals surface area contributed by atoms with E-state index in [1.165, 1.54) is 45.1 Å². The highest BCUT2D eigenvalue weighted by atomic mass is 16.3. The minimum atomic E-state index is -0.000896. The maximum atomic E-state index is 9.69. The number of aliphatic hydroxyl groups is 1. The van der Waals surface area contributed by atoms with E-state index in [0.29, 0.717) is 5.92 Å². The van der Waals surface area contributed by atoms with E-state index >= 15 is 0 Å². The molecule has 0 bridgehead atoms. The van der Waals surface area contributed by atoms with E-state index in [9.17, 15) is 5.11 Å². The van der Waals surface area contributed by atoms with Crippen molar-refractivity contribution >= 4 is 0 Å². The van der Waals surface area contributed by atoms with E-state index < -0.39 is 0 Å². The highest BCUT2D eigenvalue weighted by Gasteiger charge is 2.24. The molecule has 0 amide bonds. The van der Waals surface area contributed by atoms with Crippen LogP contribution in [0.25, 0.3) is 0 Å². The summed E-state index contributed by atoms with van der Waals surface area (Å²) in [4.78, 5) is 0. The molecule has 1 aliphatic carbocycles. The van der Waals surface area contributed by atoms with Gasteiger partial charge in [0.1, 0.15) is 0 Å². The Morgan fingerprint density at radius 3 is 2.56 bits per heavy atom. The lowest BCUT2D eigenvalue weighted by molar-refractivity contribution is 0.126. The first-order valence-electron chi connectivity index (χ1n) is 7.16. The van der Waals surface area contributed by atoms with Crippen LogP contribution in [0.2, 0.25) is 0 Å². The number of hydrogen-bond donors (Lipinski definition) is 2. The average molecular weight is 227 g/mol. The van der Waals surface area contributed by atoms with Gasteiger partial charge in [0.2, 0.25) is 0 Å². The average Bonchev–Trinajstić information content (AvgIpc) is 2.70. The molecule has 0 aromatic rings. The fraction of sp³-hybridized carbons (Fsp3) is 1.00. The van der Waals surface area contributed by atoms with Gasteiger partial charge in [-0.3, -0.25) is 0 Å². The van der Waals surface area contributed by atoms with Crippen molar-refractivity contribution in [1.82, 2.24) is 5.32 Å². The summed E-state index contributed by atoms with van der Waals surface area (Å²) in [5.41, 5.74) is 0. The lowest BCUT2D eigenvalue weighted by Gasteiger charge is -2.16. The summed E-state index contributed by atoms with van der Waals surface area (Å²) in [5, 5.41) is 13.2. The number of rotatable bonds is 8. The van der Waals surface area contributed by atoms with Crippen LogP contribution in [0.15, 0.2) is 0 Å². The van der Waals surface area contributed by atoms with Crippen LogP contribution >= 0.6 is 0 Å². The number of aliphatic hydroxyl groups excluding tert-OH is 1. The van der Waals surface area contributed by atoms with Crippen LogP contribution in [0.4, 0.5) is 0 Å². The minimum absolute atomic E-state index is 0.000896. The molecule has 0 saturated heterocycles. The van der Waals surface area contributed by atoms with Gasteiger partial charge in [-0.1, -0.05) is 33.1 Å². The topological polar surface area (TPSA) is 32.3 Å². The fourth-order valence-electron chi connectivity index (χ4n) is 2.73. The predicted octanol–water partition coefficient (Wildman–Crippen LogP) is 2.95. The van der Waals surface area contributed by atoms with Crippen molar-refractivity contribution in [3.8, 4) is 0 Å². The summed E-state index contributed by atoms with van der Waals surface area (Å²) < 4.78 is 0. The Labute approximate surface area is 101 Å². The molecule has 1 saturated carbocycles. The molecule has 0 spiro atoms. The summed E-state index contributed by atoms with van der Waals surface area (Å²) in [6.45, 7) is 6.83. The maximum Gasteiger partial charge on any atom is 0.0568 e. The molecule has 2 heteroatoms. The van der Waals surface area contributed by atoms with Gasteiger partial charge in [-0.15, -0.1) is 0 Å². The maximum absolute atomic E-state index is 9.69. The molecule has 0 aromatic carbocycles. The Morgan fingerprint density at radius 1 is 1.25 bits per heavy atom. The van der Waals surface area contributed by atoms with E-state index in [-0.39, 0.29) is 6.10 Å². The molecule has 1 aliphatic rings. The second-order valence-corrected chi connectivity index (χ2v) is 5.29. The van der Waals surface area contributed by atoms with Crippen molar-refractivity contribution in [1.29, 1.82) is 0 Å². The van der Waals surface area contributed by atoms with Gasteiger partial charge in [0.05, 0.1) is 6.10 Å². The molecule has 16 heavy (non-hydrogen) atoms. The monoisotopic (exact) mass is 227 g/mol. The highest BCUT2D eigenvalue weighted by Crippen LogP contribution is 2.28. The summed E-state index contributed by atoms with van der Waals surface area (Å²) in [6, 6.07) is 0. The summed E-state index contributed by atoms with van der Waals surface area (Å²) in [7, 11) is 0. The lowest BCUT2D eigenvalue weighted by atomic mass is 9.99. The molecule has 1 fully saturated rings. The van der Waals surface area contributed by atoms with Crippen molar-refractivity contribution < 1.29 is 5.11 Å². The molecule has 2 atom stereocenters. The molecular weight excluding hydrogens is 198 g/mol. The van der Waals surface area contributed by atoms with Crippen LogP contribution in [0.3, 0.4) is 0 Å². The largest absolute Gasteiger partial charge is 0.393 e. The van der Waals surface area contributed by atoms with Crippen LogP contribution in [-0.2, 0) is 0 Å². The third kappa shape index (κ3) is 4.84. The summed E-state index contributed by atoms with van der Waals surface area (Å²) in [6.07, 6.45) is 8.50. The predicted molar refractivity (Wildman–Crippen MR) is 69.5 cm³/mol. The smallest absolute Gasteiger partial charge is 0.0568 e. The van der Waals surface area contributed by atoms with Gasteiger partial charge in [-0.05, 0) is 50.6 Å². The number of hydrogen-bond acceptors (Lipinski definition) is 2. The minimum Gasteiger partial charge on any atom is -0.393 e. The highest BCUT2D eigenvalue weighted by molar-refractivity contribution is 4.76. The quantitative estimate of drug-likeness (QED) is 0.625. The molecule has 96 valence electrons. The van der Waals surface area contributed by atoms with Gasteiger partial charge in [0, 0.05) is 0 Å². The standard InChI is InChI=1S/C14H29NO/c1-3-12(4-2)11-15-10-6-8-13-7-5-9-14(13)16/h12-16H,3-11H2,1-2H3. The Bertz CT molecular complexity index is 168. The molecule has 2 unspecified atom stereocenters. The lowest BCUT2D eigenvalue weighted by Crippen LogP contribution is -2.24. The Balaban J connectivity index is 1.95. The van der Waals surface area contributed by atoms with Gasteiger partial charge in [-0.25, -0.2) is 0 Å². The van der Waals surface area contributed by atoms with Crippen molar-refractivity contribution in [3.05, 3.63) is 0 Å². The molecule has 1 rings (SSSR count). The van der Waals surface area contributed by atoms with E-state index in [1.54, 1.807) is 0 Å². The van der Waals surface area contributed by atoms with E-state index in [0.717, 1.165) is 18.9 Å². The molecule has 2 N–H and O–H groups in total. The first kappa shape index (κ1) is 14.0. The third-order valence-electron chi connectivity index (χ3n) is 4.14. The zero-order valence-electron chi connectivity index (χ0n) is 11.0. The normalized spacial score (nSPS) is 25.5. The Hall–Kier alpha value is -0.0800. The molecular formula is C14H29NO.